The molecule has 2 aromatic carbocycles. The minimum absolute atomic E-state index is 0.0000180. The van der Waals surface area contributed by atoms with Gasteiger partial charge in [0.05, 0.1) is 26.0 Å². The first-order valence-corrected chi connectivity index (χ1v) is 9.94. The average Bonchev–Trinajstić information content (AvgIpc) is 2.73. The largest absolute Gasteiger partial charge is 0.495 e. The highest BCUT2D eigenvalue weighted by molar-refractivity contribution is 5.93. The maximum Gasteiger partial charge on any atom is 0.225 e. The van der Waals surface area contributed by atoms with Gasteiger partial charge in [-0.05, 0) is 35.6 Å². The van der Waals surface area contributed by atoms with E-state index in [4.69, 9.17) is 9.47 Å². The van der Waals surface area contributed by atoms with Crippen molar-refractivity contribution in [2.75, 3.05) is 43.6 Å². The summed E-state index contributed by atoms with van der Waals surface area (Å²) in [6, 6.07) is 16.2. The zero-order chi connectivity index (χ0) is 19.9. The number of nitrogens with zero attached hydrogens (tertiary/aromatic N) is 1. The molecule has 1 saturated heterocycles. The number of hydrogen-bond donors (Lipinski definition) is 1. The van der Waals surface area contributed by atoms with Crippen LogP contribution in [0.3, 0.4) is 0 Å². The number of hydrogen-bond acceptors (Lipinski definition) is 4. The molecule has 1 atom stereocenters. The monoisotopic (exact) mass is 382 g/mol. The van der Waals surface area contributed by atoms with Gasteiger partial charge in [-0.15, -0.1) is 0 Å². The van der Waals surface area contributed by atoms with Gasteiger partial charge in [-0.25, -0.2) is 0 Å². The number of ether oxygens (including phenoxy) is 2. The van der Waals surface area contributed by atoms with Crippen LogP contribution in [0.2, 0.25) is 0 Å². The molecule has 0 aliphatic carbocycles. The molecule has 5 nitrogen and oxygen atoms in total. The molecule has 1 aliphatic rings. The Hall–Kier alpha value is -2.53. The molecule has 1 fully saturated rings. The van der Waals surface area contributed by atoms with E-state index in [1.807, 2.05) is 36.4 Å². The molecular formula is C23H30N2O3. The second-order valence-corrected chi connectivity index (χ2v) is 7.50. The smallest absolute Gasteiger partial charge is 0.225 e. The zero-order valence-electron chi connectivity index (χ0n) is 17.0. The van der Waals surface area contributed by atoms with E-state index in [9.17, 15) is 4.79 Å². The highest BCUT2D eigenvalue weighted by Gasteiger charge is 2.21. The number of carbonyl (C=O) groups is 1. The molecule has 1 aliphatic heterocycles. The molecule has 5 heteroatoms. The van der Waals surface area contributed by atoms with Crippen LogP contribution in [0.5, 0.6) is 5.75 Å². The van der Waals surface area contributed by atoms with Gasteiger partial charge in [0.2, 0.25) is 5.91 Å². The van der Waals surface area contributed by atoms with Gasteiger partial charge in [0.25, 0.3) is 0 Å². The van der Waals surface area contributed by atoms with Gasteiger partial charge in [-0.2, -0.15) is 0 Å². The fourth-order valence-electron chi connectivity index (χ4n) is 3.65. The average molecular weight is 383 g/mol. The lowest BCUT2D eigenvalue weighted by Crippen LogP contribution is -2.36. The molecule has 150 valence electrons. The number of nitrogens with one attached hydrogen (secondary N) is 1. The van der Waals surface area contributed by atoms with Crippen molar-refractivity contribution in [1.82, 2.24) is 0 Å². The Labute approximate surface area is 167 Å². The van der Waals surface area contributed by atoms with Crippen LogP contribution in [0.25, 0.3) is 0 Å². The van der Waals surface area contributed by atoms with E-state index in [0.717, 1.165) is 32.0 Å². The maximum atomic E-state index is 12.9. The first kappa shape index (κ1) is 20.2. The van der Waals surface area contributed by atoms with Crippen molar-refractivity contribution in [3.8, 4) is 5.75 Å². The quantitative estimate of drug-likeness (QED) is 0.776. The minimum atomic E-state index is -0.0000180. The van der Waals surface area contributed by atoms with E-state index in [1.165, 1.54) is 5.56 Å². The maximum absolute atomic E-state index is 12.9. The van der Waals surface area contributed by atoms with Crippen molar-refractivity contribution in [1.29, 1.82) is 0 Å². The summed E-state index contributed by atoms with van der Waals surface area (Å²) in [6.07, 6.45) is 0.437. The van der Waals surface area contributed by atoms with Crippen LogP contribution in [-0.4, -0.2) is 39.3 Å². The Morgan fingerprint density at radius 3 is 2.50 bits per heavy atom. The number of rotatable bonds is 7. The Bertz CT molecular complexity index is 771. The fraction of sp³-hybridized carbons (Fsp3) is 0.435. The molecule has 28 heavy (non-hydrogen) atoms. The van der Waals surface area contributed by atoms with Gasteiger partial charge < -0.3 is 19.7 Å². The van der Waals surface area contributed by atoms with E-state index in [-0.39, 0.29) is 11.8 Å². The summed E-state index contributed by atoms with van der Waals surface area (Å²) in [4.78, 5) is 15.1. The van der Waals surface area contributed by atoms with Gasteiger partial charge in [-0.3, -0.25) is 4.79 Å². The van der Waals surface area contributed by atoms with Crippen LogP contribution in [0.15, 0.2) is 48.5 Å². The van der Waals surface area contributed by atoms with Crippen molar-refractivity contribution in [3.63, 3.8) is 0 Å². The van der Waals surface area contributed by atoms with Gasteiger partial charge in [0, 0.05) is 25.2 Å². The summed E-state index contributed by atoms with van der Waals surface area (Å²) in [6.45, 7) is 7.46. The minimum Gasteiger partial charge on any atom is -0.495 e. The van der Waals surface area contributed by atoms with Crippen LogP contribution in [0.1, 0.15) is 31.7 Å². The standard InChI is InChI=1S/C23H30N2O3/c1-17(2)20(18-7-5-4-6-8-18)16-23(26)24-21-15-19(9-10-22(21)27-3)25-11-13-28-14-12-25/h4-10,15,17,20H,11-14,16H2,1-3H3,(H,24,26). The number of amides is 1. The molecule has 0 saturated carbocycles. The SMILES string of the molecule is COc1ccc(N2CCOCC2)cc1NC(=O)CC(c1ccccc1)C(C)C. The number of methoxy groups -OCH3 is 1. The van der Waals surface area contributed by atoms with Crippen LogP contribution in [-0.2, 0) is 9.53 Å². The van der Waals surface area contributed by atoms with Crippen LogP contribution >= 0.6 is 0 Å². The van der Waals surface area contributed by atoms with Crippen molar-refractivity contribution < 1.29 is 14.3 Å². The summed E-state index contributed by atoms with van der Waals surface area (Å²) in [7, 11) is 1.63. The van der Waals surface area contributed by atoms with Crippen LogP contribution in [0, 0.1) is 5.92 Å². The number of benzene rings is 2. The number of anilines is 2. The third kappa shape index (κ3) is 5.04. The molecule has 1 N–H and O–H groups in total. The topological polar surface area (TPSA) is 50.8 Å². The van der Waals surface area contributed by atoms with E-state index in [2.05, 4.69) is 36.2 Å². The third-order valence-electron chi connectivity index (χ3n) is 5.27. The Kier molecular flexibility index (Phi) is 6.93. The second-order valence-electron chi connectivity index (χ2n) is 7.50. The Balaban J connectivity index is 1.74. The Morgan fingerprint density at radius 2 is 1.86 bits per heavy atom. The predicted octanol–water partition coefficient (Wildman–Crippen LogP) is 4.30. The summed E-state index contributed by atoms with van der Waals surface area (Å²) < 4.78 is 10.9. The number of carbonyl (C=O) groups excluding carboxylic acids is 1. The van der Waals surface area contributed by atoms with Gasteiger partial charge in [0.1, 0.15) is 5.75 Å². The molecule has 0 aromatic heterocycles. The highest BCUT2D eigenvalue weighted by Crippen LogP contribution is 2.32. The molecule has 1 heterocycles. The van der Waals surface area contributed by atoms with Crippen LogP contribution < -0.4 is 15.0 Å². The first-order valence-electron chi connectivity index (χ1n) is 9.94. The van der Waals surface area contributed by atoms with Gasteiger partial charge in [-0.1, -0.05) is 44.2 Å². The fourth-order valence-corrected chi connectivity index (χ4v) is 3.65. The summed E-state index contributed by atoms with van der Waals surface area (Å²) >= 11 is 0. The second kappa shape index (κ2) is 9.60. The summed E-state index contributed by atoms with van der Waals surface area (Å²) in [5.41, 5.74) is 2.98. The van der Waals surface area contributed by atoms with Crippen LogP contribution in [0.4, 0.5) is 11.4 Å². The molecule has 0 spiro atoms. The molecular weight excluding hydrogens is 352 g/mol. The lowest BCUT2D eigenvalue weighted by molar-refractivity contribution is -0.116. The predicted molar refractivity (Wildman–Crippen MR) is 113 cm³/mol. The molecule has 0 radical (unpaired) electrons. The van der Waals surface area contributed by atoms with E-state index >= 15 is 0 Å². The van der Waals surface area contributed by atoms with Gasteiger partial charge in [0.15, 0.2) is 0 Å². The lowest BCUT2D eigenvalue weighted by atomic mass is 9.85. The zero-order valence-corrected chi connectivity index (χ0v) is 17.0. The molecule has 3 rings (SSSR count). The first-order chi connectivity index (χ1) is 13.6. The lowest BCUT2D eigenvalue weighted by Gasteiger charge is -2.29. The van der Waals surface area contributed by atoms with Crippen molar-refractivity contribution in [2.45, 2.75) is 26.2 Å². The van der Waals surface area contributed by atoms with Crippen molar-refractivity contribution >= 4 is 17.3 Å². The highest BCUT2D eigenvalue weighted by atomic mass is 16.5. The Morgan fingerprint density at radius 1 is 1.14 bits per heavy atom. The van der Waals surface area contributed by atoms with Crippen molar-refractivity contribution in [2.24, 2.45) is 5.92 Å². The molecule has 0 bridgehead atoms. The van der Waals surface area contributed by atoms with Crippen molar-refractivity contribution in [3.05, 3.63) is 54.1 Å². The summed E-state index contributed by atoms with van der Waals surface area (Å²) in [5, 5.41) is 3.07. The van der Waals surface area contributed by atoms with Gasteiger partial charge >= 0.3 is 0 Å². The van der Waals surface area contributed by atoms with E-state index < -0.39 is 0 Å². The van der Waals surface area contributed by atoms with E-state index in [0.29, 0.717) is 23.8 Å². The summed E-state index contributed by atoms with van der Waals surface area (Å²) in [5.74, 6) is 1.22. The normalized spacial score (nSPS) is 15.4. The molecule has 1 unspecified atom stereocenters. The number of morpholine rings is 1. The molecule has 2 aromatic rings. The third-order valence-corrected chi connectivity index (χ3v) is 5.27. The van der Waals surface area contributed by atoms with E-state index in [1.54, 1.807) is 7.11 Å². The molecule has 1 amide bonds.